The fourth-order valence-corrected chi connectivity index (χ4v) is 8.60. The normalized spacial score (nSPS) is 22.8. The maximum absolute atomic E-state index is 14.7. The van der Waals surface area contributed by atoms with Gasteiger partial charge in [0.1, 0.15) is 35.2 Å². The number of carbonyl (C=O) groups excluding carboxylic acids is 4. The number of amides is 4. The van der Waals surface area contributed by atoms with Crippen LogP contribution in [-0.4, -0.2) is 84.6 Å². The van der Waals surface area contributed by atoms with Crippen LogP contribution in [0.3, 0.4) is 0 Å². The van der Waals surface area contributed by atoms with Gasteiger partial charge in [-0.05, 0) is 42.2 Å². The summed E-state index contributed by atoms with van der Waals surface area (Å²) in [7, 11) is -2.33. The molecule has 3 N–H and O–H groups in total. The fourth-order valence-electron chi connectivity index (χ4n) is 7.24. The number of nitrogens with zero attached hydrogens (tertiary/aromatic N) is 2. The van der Waals surface area contributed by atoms with E-state index >= 15 is 0 Å². The zero-order chi connectivity index (χ0) is 40.8. The molecular weight excluding hydrogens is 735 g/mol. The second-order valence-electron chi connectivity index (χ2n) is 17.5. The Morgan fingerprint density at radius 3 is 2.32 bits per heavy atom. The molecule has 4 amide bonds. The van der Waals surface area contributed by atoms with Gasteiger partial charge in [-0.3, -0.25) is 23.9 Å². The van der Waals surface area contributed by atoms with E-state index in [1.165, 1.54) is 11.0 Å². The Kier molecular flexibility index (Phi) is 11.0. The predicted molar refractivity (Wildman–Crippen MR) is 213 cm³/mol. The Morgan fingerprint density at radius 2 is 1.73 bits per heavy atom. The number of pyridine rings is 1. The Morgan fingerprint density at radius 1 is 1.04 bits per heavy atom. The van der Waals surface area contributed by atoms with Crippen LogP contribution in [0.5, 0.6) is 11.5 Å². The number of carbonyl (C=O) groups is 4. The second kappa shape index (κ2) is 15.2. The number of sulfonamides is 1. The first-order valence-corrected chi connectivity index (χ1v) is 20.6. The lowest BCUT2D eigenvalue weighted by Crippen LogP contribution is -2.60. The maximum atomic E-state index is 14.7. The number of nitrogens with one attached hydrogen (secondary N) is 3. The summed E-state index contributed by atoms with van der Waals surface area (Å²) < 4.78 is 39.9. The van der Waals surface area contributed by atoms with Crippen LogP contribution in [0.25, 0.3) is 22.2 Å². The van der Waals surface area contributed by atoms with Gasteiger partial charge in [0.2, 0.25) is 27.7 Å². The molecule has 0 spiro atoms. The highest BCUT2D eigenvalue weighted by Crippen LogP contribution is 2.46. The number of ether oxygens (including phenoxy) is 2. The number of aromatic nitrogens is 1. The second-order valence-corrected chi connectivity index (χ2v) is 19.5. The van der Waals surface area contributed by atoms with Crippen LogP contribution in [0.2, 0.25) is 0 Å². The van der Waals surface area contributed by atoms with Gasteiger partial charge in [0.15, 0.2) is 0 Å². The molecule has 3 aromatic rings. The van der Waals surface area contributed by atoms with Crippen LogP contribution in [0, 0.1) is 16.7 Å². The van der Waals surface area contributed by atoms with E-state index in [1.807, 2.05) is 90.1 Å². The number of methoxy groups -OCH3 is 1. The van der Waals surface area contributed by atoms with Crippen molar-refractivity contribution >= 4 is 44.6 Å². The molecule has 0 bridgehead atoms. The molecule has 2 saturated carbocycles. The Hall–Kier alpha value is -4.98. The molecule has 14 heteroatoms. The van der Waals surface area contributed by atoms with Crippen molar-refractivity contribution in [2.24, 2.45) is 16.7 Å². The van der Waals surface area contributed by atoms with E-state index in [1.54, 1.807) is 13.2 Å². The molecule has 1 aliphatic heterocycles. The molecule has 5 atom stereocenters. The van der Waals surface area contributed by atoms with Gasteiger partial charge in [-0.1, -0.05) is 78.0 Å². The first-order valence-electron chi connectivity index (χ1n) is 19.1. The topological polar surface area (TPSA) is 173 Å². The smallest absolute Gasteiger partial charge is 0.259 e. The highest BCUT2D eigenvalue weighted by molar-refractivity contribution is 7.91. The third-order valence-corrected chi connectivity index (χ3v) is 12.4. The highest BCUT2D eigenvalue weighted by atomic mass is 32.2. The van der Waals surface area contributed by atoms with Gasteiger partial charge in [-0.2, -0.15) is 0 Å². The summed E-state index contributed by atoms with van der Waals surface area (Å²) in [5.41, 5.74) is -0.519. The third kappa shape index (κ3) is 8.85. The summed E-state index contributed by atoms with van der Waals surface area (Å²) in [6, 6.07) is 14.7. The monoisotopic (exact) mass is 787 g/mol. The fraction of sp³-hybridized carbons (Fsp3) is 0.500. The van der Waals surface area contributed by atoms with Crippen molar-refractivity contribution in [2.45, 2.75) is 103 Å². The van der Waals surface area contributed by atoms with E-state index in [0.29, 0.717) is 40.9 Å². The number of fused-ring (bicyclic) bond motifs is 1. The van der Waals surface area contributed by atoms with Crippen molar-refractivity contribution in [1.82, 2.24) is 25.2 Å². The molecule has 2 aromatic carbocycles. The number of likely N-dealkylation sites (tertiary alicyclic amines) is 1. The molecule has 3 aliphatic rings. The number of hydrogen-bond acceptors (Lipinski definition) is 9. The SMILES string of the molecule is C=C[C@@H]1C[C@]1(NC(=O)[C@@H]1C[C@@H](Oc2cc(-c3ccccc3)nc3cc(OC)ccc23)CN1C(=O)[C@@H](NC(=O)CC(C)(C)C)C(C)(C)C)C(=O)NS(=O)(=O)C1CC1. The van der Waals surface area contributed by atoms with Crippen LogP contribution >= 0.6 is 0 Å². The summed E-state index contributed by atoms with van der Waals surface area (Å²) in [5, 5.41) is 5.83. The van der Waals surface area contributed by atoms with Crippen molar-refractivity contribution in [3.05, 3.63) is 67.3 Å². The van der Waals surface area contributed by atoms with Crippen molar-refractivity contribution in [2.75, 3.05) is 13.7 Å². The molecule has 3 fully saturated rings. The van der Waals surface area contributed by atoms with Gasteiger partial charge in [0.25, 0.3) is 5.91 Å². The minimum atomic E-state index is -3.90. The van der Waals surface area contributed by atoms with E-state index in [-0.39, 0.29) is 37.1 Å². The van der Waals surface area contributed by atoms with E-state index in [9.17, 15) is 27.6 Å². The van der Waals surface area contributed by atoms with Gasteiger partial charge in [0, 0.05) is 41.8 Å². The van der Waals surface area contributed by atoms with E-state index in [2.05, 4.69) is 21.9 Å². The Balaban J connectivity index is 1.34. The Bertz CT molecular complexity index is 2140. The molecule has 0 radical (unpaired) electrons. The standard InChI is InChI=1S/C42H53N5O8S/c1-9-26-22-42(26,39(51)46-56(52,53)29-16-17-29)45-37(49)33-20-28(24-47(33)38(50)36(41(5,6)7)44-35(48)23-40(2,3)4)55-34-21-31(25-13-11-10-12-14-25)43-32-19-27(54-8)15-18-30(32)34/h9-15,18-19,21,26,28-29,33,36H,1,16-17,20,22-24H2,2-8H3,(H,44,48)(H,45,49)(H,46,51)/t26-,28-,33+,36-,42-/m1/s1. The lowest BCUT2D eigenvalue weighted by atomic mass is 9.84. The first kappa shape index (κ1) is 40.7. The molecule has 2 heterocycles. The summed E-state index contributed by atoms with van der Waals surface area (Å²) in [6.45, 7) is 15.1. The van der Waals surface area contributed by atoms with Crippen LogP contribution < -0.4 is 24.8 Å². The van der Waals surface area contributed by atoms with Gasteiger partial charge in [0.05, 0.1) is 30.1 Å². The van der Waals surface area contributed by atoms with Crippen molar-refractivity contribution in [3.8, 4) is 22.8 Å². The lowest BCUT2D eigenvalue weighted by molar-refractivity contribution is -0.144. The summed E-state index contributed by atoms with van der Waals surface area (Å²) in [4.78, 5) is 62.3. The average Bonchev–Trinajstić information content (AvgIpc) is 4.06. The minimum Gasteiger partial charge on any atom is -0.497 e. The molecule has 0 unspecified atom stereocenters. The summed E-state index contributed by atoms with van der Waals surface area (Å²) in [6.07, 6.45) is 2.10. The summed E-state index contributed by atoms with van der Waals surface area (Å²) >= 11 is 0. The largest absolute Gasteiger partial charge is 0.497 e. The van der Waals surface area contributed by atoms with Crippen molar-refractivity contribution < 1.29 is 37.1 Å². The van der Waals surface area contributed by atoms with E-state index < -0.39 is 68.1 Å². The summed E-state index contributed by atoms with van der Waals surface area (Å²) in [5.74, 6) is -1.68. The zero-order valence-electron chi connectivity index (χ0n) is 33.2. The van der Waals surface area contributed by atoms with Crippen LogP contribution in [0.15, 0.2) is 67.3 Å². The first-order chi connectivity index (χ1) is 26.2. The molecule has 1 aromatic heterocycles. The predicted octanol–water partition coefficient (Wildman–Crippen LogP) is 4.90. The molecular formula is C42H53N5O8S. The highest BCUT2D eigenvalue weighted by Gasteiger charge is 2.62. The van der Waals surface area contributed by atoms with Crippen molar-refractivity contribution in [3.63, 3.8) is 0 Å². The number of rotatable bonds is 13. The Labute approximate surface area is 329 Å². The van der Waals surface area contributed by atoms with Crippen LogP contribution in [0.4, 0.5) is 0 Å². The molecule has 300 valence electrons. The molecule has 2 aliphatic carbocycles. The maximum Gasteiger partial charge on any atom is 0.259 e. The minimum absolute atomic E-state index is 0.0145. The average molecular weight is 788 g/mol. The van der Waals surface area contributed by atoms with Gasteiger partial charge in [-0.15, -0.1) is 6.58 Å². The molecule has 56 heavy (non-hydrogen) atoms. The van der Waals surface area contributed by atoms with Gasteiger partial charge >= 0.3 is 0 Å². The van der Waals surface area contributed by atoms with Gasteiger partial charge in [-0.25, -0.2) is 13.4 Å². The number of hydrogen-bond donors (Lipinski definition) is 3. The quantitative estimate of drug-likeness (QED) is 0.204. The van der Waals surface area contributed by atoms with E-state index in [0.717, 1.165) is 5.56 Å². The lowest BCUT2D eigenvalue weighted by Gasteiger charge is -2.36. The van der Waals surface area contributed by atoms with E-state index in [4.69, 9.17) is 14.5 Å². The molecule has 13 nitrogen and oxygen atoms in total. The zero-order valence-corrected chi connectivity index (χ0v) is 34.0. The molecule has 6 rings (SSSR count). The number of benzene rings is 2. The van der Waals surface area contributed by atoms with Crippen LogP contribution in [-0.2, 0) is 29.2 Å². The molecule has 1 saturated heterocycles. The third-order valence-electron chi connectivity index (χ3n) is 10.5. The van der Waals surface area contributed by atoms with Crippen molar-refractivity contribution in [1.29, 1.82) is 0 Å². The van der Waals surface area contributed by atoms with Crippen LogP contribution in [0.1, 0.15) is 73.6 Å². The van der Waals surface area contributed by atoms with Gasteiger partial charge < -0.3 is 25.0 Å².